The van der Waals surface area contributed by atoms with E-state index < -0.39 is 34.3 Å². The molecule has 11 heteroatoms. The van der Waals surface area contributed by atoms with Gasteiger partial charge in [0.25, 0.3) is 5.91 Å². The second-order valence-corrected chi connectivity index (χ2v) is 8.79. The van der Waals surface area contributed by atoms with E-state index in [1.807, 2.05) is 0 Å². The monoisotopic (exact) mass is 458 g/mol. The summed E-state index contributed by atoms with van der Waals surface area (Å²) in [6, 6.07) is 8.56. The number of rotatable bonds is 6. The van der Waals surface area contributed by atoms with Gasteiger partial charge in [-0.3, -0.25) is 4.79 Å². The predicted molar refractivity (Wildman–Crippen MR) is 106 cm³/mol. The highest BCUT2D eigenvalue weighted by Gasteiger charge is 2.30. The highest BCUT2D eigenvalue weighted by Crippen LogP contribution is 2.31. The van der Waals surface area contributed by atoms with E-state index in [9.17, 15) is 26.4 Å². The second kappa shape index (κ2) is 9.25. The van der Waals surface area contributed by atoms with Gasteiger partial charge in [-0.05, 0) is 42.8 Å². The van der Waals surface area contributed by atoms with Crippen molar-refractivity contribution in [3.05, 3.63) is 53.6 Å². The molecule has 0 atom stereocenters. The smallest absolute Gasteiger partial charge is 0.416 e. The van der Waals surface area contributed by atoms with Crippen LogP contribution < -0.4 is 10.1 Å². The summed E-state index contributed by atoms with van der Waals surface area (Å²) < 4.78 is 75.6. The third-order valence-electron chi connectivity index (χ3n) is 4.62. The Labute approximate surface area is 177 Å². The molecule has 7 nitrogen and oxygen atoms in total. The van der Waals surface area contributed by atoms with Gasteiger partial charge in [-0.1, -0.05) is 12.1 Å². The molecule has 2 aromatic rings. The van der Waals surface area contributed by atoms with Crippen LogP contribution in [0.4, 0.5) is 18.9 Å². The summed E-state index contributed by atoms with van der Waals surface area (Å²) in [5.41, 5.74) is 0.00240. The lowest BCUT2D eigenvalue weighted by Crippen LogP contribution is -2.40. The number of halogens is 3. The molecule has 168 valence electrons. The average molecular weight is 458 g/mol. The minimum Gasteiger partial charge on any atom is -0.484 e. The fourth-order valence-electron chi connectivity index (χ4n) is 2.93. The first-order valence-electron chi connectivity index (χ1n) is 9.36. The molecular weight excluding hydrogens is 437 g/mol. The Balaban J connectivity index is 1.68. The molecule has 2 aromatic carbocycles. The Morgan fingerprint density at radius 3 is 2.55 bits per heavy atom. The molecule has 1 saturated heterocycles. The van der Waals surface area contributed by atoms with Gasteiger partial charge in [0.2, 0.25) is 10.0 Å². The van der Waals surface area contributed by atoms with Crippen molar-refractivity contribution in [2.45, 2.75) is 18.0 Å². The summed E-state index contributed by atoms with van der Waals surface area (Å²) in [6.45, 7) is 2.24. The molecule has 0 aliphatic carbocycles. The SMILES string of the molecule is Cc1ccc(S(=O)(=O)N2CCOCC2)cc1NC(=O)COc1cccc(C(F)(F)F)c1. The van der Waals surface area contributed by atoms with E-state index in [1.54, 1.807) is 13.0 Å². The van der Waals surface area contributed by atoms with Crippen LogP contribution in [-0.2, 0) is 25.7 Å². The quantitative estimate of drug-likeness (QED) is 0.719. The molecule has 0 unspecified atom stereocenters. The largest absolute Gasteiger partial charge is 0.484 e. The fraction of sp³-hybridized carbons (Fsp3) is 0.350. The molecule has 31 heavy (non-hydrogen) atoms. The Kier molecular flexibility index (Phi) is 6.87. The Bertz CT molecular complexity index is 1050. The molecule has 1 N–H and O–H groups in total. The van der Waals surface area contributed by atoms with Gasteiger partial charge >= 0.3 is 6.18 Å². The predicted octanol–water partition coefficient (Wildman–Crippen LogP) is 3.05. The highest BCUT2D eigenvalue weighted by molar-refractivity contribution is 7.89. The van der Waals surface area contributed by atoms with Crippen molar-refractivity contribution in [2.24, 2.45) is 0 Å². The Hall–Kier alpha value is -2.63. The molecule has 1 aliphatic heterocycles. The van der Waals surface area contributed by atoms with Crippen LogP contribution in [-0.4, -0.2) is 51.5 Å². The van der Waals surface area contributed by atoms with Crippen LogP contribution in [0.5, 0.6) is 5.75 Å². The zero-order chi connectivity index (χ0) is 22.6. The third-order valence-corrected chi connectivity index (χ3v) is 6.52. The lowest BCUT2D eigenvalue weighted by molar-refractivity contribution is -0.137. The van der Waals surface area contributed by atoms with Gasteiger partial charge in [-0.25, -0.2) is 8.42 Å². The van der Waals surface area contributed by atoms with Gasteiger partial charge in [0.15, 0.2) is 6.61 Å². The molecule has 1 amide bonds. The zero-order valence-electron chi connectivity index (χ0n) is 16.6. The van der Waals surface area contributed by atoms with Crippen LogP contribution in [0.15, 0.2) is 47.4 Å². The minimum absolute atomic E-state index is 0.0223. The number of ether oxygens (including phenoxy) is 2. The molecule has 1 aliphatic rings. The lowest BCUT2D eigenvalue weighted by Gasteiger charge is -2.26. The van der Waals surface area contributed by atoms with Gasteiger partial charge in [-0.2, -0.15) is 17.5 Å². The van der Waals surface area contributed by atoms with E-state index in [1.165, 1.54) is 28.6 Å². The van der Waals surface area contributed by atoms with Crippen molar-refractivity contribution >= 4 is 21.6 Å². The number of morpholine rings is 1. The fourth-order valence-corrected chi connectivity index (χ4v) is 4.36. The van der Waals surface area contributed by atoms with E-state index in [4.69, 9.17) is 9.47 Å². The van der Waals surface area contributed by atoms with Gasteiger partial charge in [0.05, 0.1) is 23.7 Å². The first kappa shape index (κ1) is 23.0. The topological polar surface area (TPSA) is 84.9 Å². The van der Waals surface area contributed by atoms with Crippen molar-refractivity contribution in [1.29, 1.82) is 0 Å². The number of carbonyl (C=O) groups is 1. The number of nitrogens with zero attached hydrogens (tertiary/aromatic N) is 1. The number of amides is 1. The van der Waals surface area contributed by atoms with E-state index in [2.05, 4.69) is 5.32 Å². The summed E-state index contributed by atoms with van der Waals surface area (Å²) in [6.07, 6.45) is -4.52. The summed E-state index contributed by atoms with van der Waals surface area (Å²) in [7, 11) is -3.75. The highest BCUT2D eigenvalue weighted by atomic mass is 32.2. The van der Waals surface area contributed by atoms with Crippen LogP contribution in [0.1, 0.15) is 11.1 Å². The number of sulfonamides is 1. The third kappa shape index (κ3) is 5.75. The number of nitrogens with one attached hydrogen (secondary N) is 1. The molecule has 1 fully saturated rings. The van der Waals surface area contributed by atoms with Crippen LogP contribution >= 0.6 is 0 Å². The summed E-state index contributed by atoms with van der Waals surface area (Å²) >= 11 is 0. The van der Waals surface area contributed by atoms with Crippen molar-refractivity contribution in [1.82, 2.24) is 4.31 Å². The van der Waals surface area contributed by atoms with Gasteiger partial charge in [0.1, 0.15) is 5.75 Å². The van der Waals surface area contributed by atoms with Gasteiger partial charge < -0.3 is 14.8 Å². The molecule has 0 bridgehead atoms. The number of anilines is 1. The molecule has 0 spiro atoms. The summed E-state index contributed by atoms with van der Waals surface area (Å²) in [5, 5.41) is 2.55. The van der Waals surface area contributed by atoms with E-state index in [0.717, 1.165) is 12.1 Å². The van der Waals surface area contributed by atoms with E-state index >= 15 is 0 Å². The molecule has 0 radical (unpaired) electrons. The normalized spacial score (nSPS) is 15.5. The van der Waals surface area contributed by atoms with E-state index in [-0.39, 0.29) is 29.4 Å². The maximum absolute atomic E-state index is 12.8. The molecule has 0 aromatic heterocycles. The lowest BCUT2D eigenvalue weighted by atomic mass is 10.2. The van der Waals surface area contributed by atoms with Crippen molar-refractivity contribution < 1.29 is 35.9 Å². The number of carbonyl (C=O) groups excluding carboxylic acids is 1. The van der Waals surface area contributed by atoms with Crippen molar-refractivity contribution in [2.75, 3.05) is 38.2 Å². The maximum Gasteiger partial charge on any atom is 0.416 e. The van der Waals surface area contributed by atoms with Crippen LogP contribution in [0.25, 0.3) is 0 Å². The van der Waals surface area contributed by atoms with Crippen molar-refractivity contribution in [3.8, 4) is 5.75 Å². The van der Waals surface area contributed by atoms with Gasteiger partial charge in [0, 0.05) is 18.8 Å². The number of hydrogen-bond donors (Lipinski definition) is 1. The van der Waals surface area contributed by atoms with Crippen LogP contribution in [0, 0.1) is 6.92 Å². The average Bonchev–Trinajstić information content (AvgIpc) is 2.74. The minimum atomic E-state index is -4.52. The first-order chi connectivity index (χ1) is 14.6. The van der Waals surface area contributed by atoms with E-state index in [0.29, 0.717) is 18.8 Å². The number of hydrogen-bond acceptors (Lipinski definition) is 5. The van der Waals surface area contributed by atoms with Crippen LogP contribution in [0.2, 0.25) is 0 Å². The number of alkyl halides is 3. The molecule has 3 rings (SSSR count). The molecule has 0 saturated carbocycles. The molecular formula is C20H21F3N2O5S. The Morgan fingerprint density at radius 1 is 1.16 bits per heavy atom. The van der Waals surface area contributed by atoms with Crippen LogP contribution in [0.3, 0.4) is 0 Å². The van der Waals surface area contributed by atoms with Crippen molar-refractivity contribution in [3.63, 3.8) is 0 Å². The Morgan fingerprint density at radius 2 is 1.87 bits per heavy atom. The first-order valence-corrected chi connectivity index (χ1v) is 10.8. The standard InChI is InChI=1S/C20H21F3N2O5S/c1-14-5-6-17(31(27,28)25-7-9-29-10-8-25)12-18(14)24-19(26)13-30-16-4-2-3-15(11-16)20(21,22)23/h2-6,11-12H,7-10,13H2,1H3,(H,24,26). The molecule has 1 heterocycles. The zero-order valence-corrected chi connectivity index (χ0v) is 17.4. The maximum atomic E-state index is 12.8. The van der Waals surface area contributed by atoms with Gasteiger partial charge in [-0.15, -0.1) is 0 Å². The number of aryl methyl sites for hydroxylation is 1. The summed E-state index contributed by atoms with van der Waals surface area (Å²) in [5.74, 6) is -0.744. The second-order valence-electron chi connectivity index (χ2n) is 6.86. The number of benzene rings is 2. The summed E-state index contributed by atoms with van der Waals surface area (Å²) in [4.78, 5) is 12.3.